The van der Waals surface area contributed by atoms with E-state index in [9.17, 15) is 0 Å². The summed E-state index contributed by atoms with van der Waals surface area (Å²) in [5.41, 5.74) is 0. The van der Waals surface area contributed by atoms with E-state index in [1.807, 2.05) is 55.4 Å². The van der Waals surface area contributed by atoms with E-state index in [0.717, 1.165) is 5.92 Å². The molecule has 0 N–H and O–H groups in total. The van der Waals surface area contributed by atoms with Crippen LogP contribution in [-0.2, 0) is 0 Å². The lowest BCUT2D eigenvalue weighted by molar-refractivity contribution is 0.0990. The molecule has 168 valence electrons. The van der Waals surface area contributed by atoms with E-state index in [-0.39, 0.29) is 0 Å². The van der Waals surface area contributed by atoms with Crippen molar-refractivity contribution >= 4 is 0 Å². The molecule has 0 aromatic heterocycles. The topological polar surface area (TPSA) is 9.72 Å². The van der Waals surface area contributed by atoms with Crippen LogP contribution in [0.2, 0.25) is 0 Å². The molecule has 2 saturated heterocycles. The molecule has 2 fully saturated rings. The molecule has 2 aliphatic rings. The minimum Gasteiger partial charge on any atom is -0.306 e. The maximum Gasteiger partial charge on any atom is 0.0110 e. The van der Waals surface area contributed by atoms with E-state index < -0.39 is 0 Å². The van der Waals surface area contributed by atoms with E-state index in [4.69, 9.17) is 0 Å². The zero-order valence-electron chi connectivity index (χ0n) is 21.1. The van der Waals surface area contributed by atoms with E-state index in [0.29, 0.717) is 0 Å². The summed E-state index contributed by atoms with van der Waals surface area (Å²) in [4.78, 5) is 7.86. The monoisotopic (exact) mass is 387 g/mol. The highest BCUT2D eigenvalue weighted by Crippen LogP contribution is 2.18. The summed E-state index contributed by atoms with van der Waals surface area (Å²) in [7, 11) is 2.26. The van der Waals surface area contributed by atoms with Gasteiger partial charge in [0, 0.05) is 32.7 Å². The molecule has 0 bridgehead atoms. The highest BCUT2D eigenvalue weighted by Gasteiger charge is 2.22. The Morgan fingerprint density at radius 3 is 1.52 bits per heavy atom. The molecule has 0 atom stereocenters. The predicted octanol–water partition coefficient (Wildman–Crippen LogP) is 6.24. The number of rotatable bonds is 6. The highest BCUT2D eigenvalue weighted by molar-refractivity contribution is 4.77. The molecule has 2 rings (SSSR count). The van der Waals surface area contributed by atoms with Gasteiger partial charge >= 0.3 is 0 Å². The van der Waals surface area contributed by atoms with Gasteiger partial charge in [-0.2, -0.15) is 0 Å². The third-order valence-electron chi connectivity index (χ3n) is 4.90. The van der Waals surface area contributed by atoms with Crippen LogP contribution < -0.4 is 0 Å². The molecular formula is C24H57N3. The highest BCUT2D eigenvalue weighted by atomic mass is 15.3. The van der Waals surface area contributed by atoms with Gasteiger partial charge in [0.1, 0.15) is 0 Å². The molecule has 0 spiro atoms. The smallest absolute Gasteiger partial charge is 0.0110 e. The van der Waals surface area contributed by atoms with Crippen LogP contribution in [0.25, 0.3) is 0 Å². The van der Waals surface area contributed by atoms with Crippen molar-refractivity contribution in [3.05, 3.63) is 0 Å². The Bertz CT molecular complexity index is 230. The Morgan fingerprint density at radius 1 is 0.630 bits per heavy atom. The number of hydrogen-bond acceptors (Lipinski definition) is 3. The molecule has 0 radical (unpaired) electrons. The van der Waals surface area contributed by atoms with E-state index in [1.165, 1.54) is 84.5 Å². The average molecular weight is 388 g/mol. The normalized spacial score (nSPS) is 18.4. The van der Waals surface area contributed by atoms with Gasteiger partial charge in [-0.05, 0) is 51.9 Å². The molecule has 3 nitrogen and oxygen atoms in total. The molecule has 27 heavy (non-hydrogen) atoms. The summed E-state index contributed by atoms with van der Waals surface area (Å²) in [6, 6.07) is 0. The molecule has 0 aromatic rings. The first-order valence-electron chi connectivity index (χ1n) is 12.4. The van der Waals surface area contributed by atoms with Gasteiger partial charge in [-0.1, -0.05) is 75.2 Å². The number of nitrogens with zero attached hydrogens (tertiary/aromatic N) is 3. The van der Waals surface area contributed by atoms with Crippen LogP contribution >= 0.6 is 0 Å². The Labute approximate surface area is 174 Å². The van der Waals surface area contributed by atoms with Gasteiger partial charge in [-0.15, -0.1) is 0 Å². The third kappa shape index (κ3) is 17.7. The first-order chi connectivity index (χ1) is 13.3. The molecule has 0 aromatic carbocycles. The molecule has 3 heteroatoms. The first kappa shape index (κ1) is 31.6. The Kier molecular flexibility index (Phi) is 30.3. The quantitative estimate of drug-likeness (QED) is 0.499. The molecule has 0 unspecified atom stereocenters. The fraction of sp³-hybridized carbons (Fsp3) is 1.00. The summed E-state index contributed by atoms with van der Waals surface area (Å²) in [5, 5.41) is 0. The van der Waals surface area contributed by atoms with Crippen LogP contribution in [0.1, 0.15) is 94.4 Å². The zero-order valence-corrected chi connectivity index (χ0v) is 21.1. The van der Waals surface area contributed by atoms with Crippen molar-refractivity contribution in [2.75, 3.05) is 59.4 Å². The van der Waals surface area contributed by atoms with Crippen LogP contribution in [0.3, 0.4) is 0 Å². The van der Waals surface area contributed by atoms with Crippen molar-refractivity contribution in [3.8, 4) is 0 Å². The van der Waals surface area contributed by atoms with Gasteiger partial charge in [0.15, 0.2) is 0 Å². The number of unbranched alkanes of at least 4 members (excludes halogenated alkanes) is 2. The van der Waals surface area contributed by atoms with Crippen LogP contribution in [-0.4, -0.2) is 74.1 Å². The lowest BCUT2D eigenvalue weighted by Gasteiger charge is -2.38. The minimum atomic E-state index is 0.961. The van der Waals surface area contributed by atoms with Gasteiger partial charge < -0.3 is 14.7 Å². The standard InChI is InChI=1S/C16H33N3.4C2H6/c1-3-4-5-8-18-11-13-19(14-12-18)15-16-6-9-17(2)10-7-16;4*1-2/h16H,3-15H2,1-2H3;4*1-2H3. The lowest BCUT2D eigenvalue weighted by Crippen LogP contribution is -2.48. The van der Waals surface area contributed by atoms with Crippen LogP contribution in [0, 0.1) is 5.92 Å². The lowest BCUT2D eigenvalue weighted by atomic mass is 9.96. The molecular weight excluding hydrogens is 330 g/mol. The van der Waals surface area contributed by atoms with Crippen molar-refractivity contribution in [1.29, 1.82) is 0 Å². The number of likely N-dealkylation sites (tertiary alicyclic amines) is 1. The maximum absolute atomic E-state index is 2.71. The van der Waals surface area contributed by atoms with Crippen molar-refractivity contribution in [3.63, 3.8) is 0 Å². The summed E-state index contributed by atoms with van der Waals surface area (Å²) in [5.74, 6) is 0.961. The molecule has 0 amide bonds. The molecule has 0 saturated carbocycles. The predicted molar refractivity (Wildman–Crippen MR) is 128 cm³/mol. The molecule has 0 aliphatic carbocycles. The van der Waals surface area contributed by atoms with Crippen molar-refractivity contribution in [2.24, 2.45) is 5.92 Å². The van der Waals surface area contributed by atoms with Crippen LogP contribution in [0.4, 0.5) is 0 Å². The van der Waals surface area contributed by atoms with Gasteiger partial charge in [0.2, 0.25) is 0 Å². The number of hydrogen-bond donors (Lipinski definition) is 0. The van der Waals surface area contributed by atoms with Gasteiger partial charge in [0.05, 0.1) is 0 Å². The van der Waals surface area contributed by atoms with E-state index >= 15 is 0 Å². The molecule has 2 heterocycles. The number of piperidine rings is 1. The van der Waals surface area contributed by atoms with Crippen LogP contribution in [0.15, 0.2) is 0 Å². The summed E-state index contributed by atoms with van der Waals surface area (Å²) in [6.45, 7) is 28.8. The second-order valence-corrected chi connectivity index (χ2v) is 6.60. The Hall–Kier alpha value is -0.120. The third-order valence-corrected chi connectivity index (χ3v) is 4.90. The van der Waals surface area contributed by atoms with Crippen molar-refractivity contribution < 1.29 is 0 Å². The Balaban J connectivity index is -0.000000638. The fourth-order valence-corrected chi connectivity index (χ4v) is 3.39. The minimum absolute atomic E-state index is 0.961. The Morgan fingerprint density at radius 2 is 1.07 bits per heavy atom. The summed E-state index contributed by atoms with van der Waals surface area (Å²) < 4.78 is 0. The fourth-order valence-electron chi connectivity index (χ4n) is 3.39. The maximum atomic E-state index is 2.71. The van der Waals surface area contributed by atoms with E-state index in [1.54, 1.807) is 0 Å². The van der Waals surface area contributed by atoms with Gasteiger partial charge in [0.25, 0.3) is 0 Å². The van der Waals surface area contributed by atoms with Crippen molar-refractivity contribution in [2.45, 2.75) is 94.4 Å². The van der Waals surface area contributed by atoms with Gasteiger partial charge in [-0.3, -0.25) is 0 Å². The molecule has 2 aliphatic heterocycles. The second kappa shape index (κ2) is 25.9. The summed E-state index contributed by atoms with van der Waals surface area (Å²) >= 11 is 0. The zero-order chi connectivity index (χ0) is 21.5. The largest absolute Gasteiger partial charge is 0.306 e. The van der Waals surface area contributed by atoms with Crippen LogP contribution in [0.5, 0.6) is 0 Å². The number of piperazine rings is 1. The first-order valence-corrected chi connectivity index (χ1v) is 12.4. The van der Waals surface area contributed by atoms with Gasteiger partial charge in [-0.25, -0.2) is 0 Å². The second-order valence-electron chi connectivity index (χ2n) is 6.60. The van der Waals surface area contributed by atoms with E-state index in [2.05, 4.69) is 28.7 Å². The SMILES string of the molecule is CC.CC.CC.CC.CCCCCN1CCN(CC2CCN(C)CC2)CC1. The summed E-state index contributed by atoms with van der Waals surface area (Å²) in [6.07, 6.45) is 6.96. The average Bonchev–Trinajstić information content (AvgIpc) is 2.77. The van der Waals surface area contributed by atoms with Crippen molar-refractivity contribution in [1.82, 2.24) is 14.7 Å².